The number of ether oxygens (including phenoxy) is 2. The smallest absolute Gasteiger partial charge is 0.124 e. The van der Waals surface area contributed by atoms with E-state index in [1.54, 1.807) is 0 Å². The minimum Gasteiger partial charge on any atom is -0.488 e. The molecular weight excluding hydrogens is 358 g/mol. The van der Waals surface area contributed by atoms with Gasteiger partial charge in [0, 0.05) is 35.8 Å². The van der Waals surface area contributed by atoms with Crippen LogP contribution in [0.5, 0.6) is 5.75 Å². The second-order valence-corrected chi connectivity index (χ2v) is 7.32. The van der Waals surface area contributed by atoms with E-state index in [1.165, 1.54) is 16.3 Å². The van der Waals surface area contributed by atoms with Crippen molar-refractivity contribution in [3.8, 4) is 5.75 Å². The monoisotopic (exact) mass is 381 g/mol. The Hall–Kier alpha value is -2.07. The number of fused-ring (bicyclic) bond motifs is 1. The summed E-state index contributed by atoms with van der Waals surface area (Å²) in [4.78, 5) is 0. The molecule has 3 aromatic rings. The van der Waals surface area contributed by atoms with Crippen molar-refractivity contribution < 1.29 is 9.47 Å². The van der Waals surface area contributed by atoms with Gasteiger partial charge in [-0.1, -0.05) is 60.1 Å². The van der Waals surface area contributed by atoms with E-state index in [2.05, 4.69) is 41.7 Å². The molecule has 3 aromatic carbocycles. The van der Waals surface area contributed by atoms with Gasteiger partial charge in [0.2, 0.25) is 0 Å². The molecule has 0 aliphatic carbocycles. The molecule has 1 N–H and O–H groups in total. The Labute approximate surface area is 165 Å². The molecule has 0 radical (unpaired) electrons. The van der Waals surface area contributed by atoms with E-state index in [4.69, 9.17) is 21.1 Å². The fraction of sp³-hybridized carbons (Fsp3) is 0.304. The van der Waals surface area contributed by atoms with Crippen LogP contribution in [0.25, 0.3) is 10.8 Å². The summed E-state index contributed by atoms with van der Waals surface area (Å²) in [5.74, 6) is 0.897. The molecule has 1 saturated heterocycles. The molecule has 1 aliphatic rings. The SMILES string of the molecule is Clc1ccccc1COc1ccc2ccccc2c1CNCC1CCCO1. The Morgan fingerprint density at radius 1 is 1.04 bits per heavy atom. The minimum atomic E-state index is 0.326. The molecule has 1 fully saturated rings. The molecule has 0 bridgehead atoms. The zero-order valence-corrected chi connectivity index (χ0v) is 16.0. The summed E-state index contributed by atoms with van der Waals surface area (Å²) in [6.45, 7) is 2.95. The van der Waals surface area contributed by atoms with Crippen LogP contribution in [0.1, 0.15) is 24.0 Å². The van der Waals surface area contributed by atoms with Gasteiger partial charge in [-0.2, -0.15) is 0 Å². The van der Waals surface area contributed by atoms with Gasteiger partial charge in [0.1, 0.15) is 12.4 Å². The van der Waals surface area contributed by atoms with Crippen molar-refractivity contribution in [3.63, 3.8) is 0 Å². The molecule has 0 spiro atoms. The molecule has 0 saturated carbocycles. The lowest BCUT2D eigenvalue weighted by Crippen LogP contribution is -2.26. The number of nitrogens with one attached hydrogen (secondary N) is 1. The summed E-state index contributed by atoms with van der Waals surface area (Å²) in [5, 5.41) is 6.72. The Morgan fingerprint density at radius 2 is 1.89 bits per heavy atom. The highest BCUT2D eigenvalue weighted by atomic mass is 35.5. The predicted molar refractivity (Wildman–Crippen MR) is 110 cm³/mol. The van der Waals surface area contributed by atoms with Crippen LogP contribution in [0.2, 0.25) is 5.02 Å². The summed E-state index contributed by atoms with van der Waals surface area (Å²) in [6, 6.07) is 20.4. The van der Waals surface area contributed by atoms with Crippen LogP contribution < -0.4 is 10.1 Å². The first kappa shape index (κ1) is 18.3. The normalized spacial score (nSPS) is 16.7. The van der Waals surface area contributed by atoms with Crippen molar-refractivity contribution >= 4 is 22.4 Å². The van der Waals surface area contributed by atoms with E-state index in [9.17, 15) is 0 Å². The quantitative estimate of drug-likeness (QED) is 0.599. The summed E-state index contributed by atoms with van der Waals surface area (Å²) < 4.78 is 11.9. The molecule has 1 aliphatic heterocycles. The number of hydrogen-bond acceptors (Lipinski definition) is 3. The number of benzene rings is 3. The van der Waals surface area contributed by atoms with Gasteiger partial charge in [0.25, 0.3) is 0 Å². The maximum absolute atomic E-state index is 6.28. The van der Waals surface area contributed by atoms with Crippen LogP contribution >= 0.6 is 11.6 Å². The minimum absolute atomic E-state index is 0.326. The molecule has 27 heavy (non-hydrogen) atoms. The molecule has 4 rings (SSSR count). The van der Waals surface area contributed by atoms with E-state index in [-0.39, 0.29) is 0 Å². The van der Waals surface area contributed by atoms with Gasteiger partial charge in [0.05, 0.1) is 6.10 Å². The third-order valence-electron chi connectivity index (χ3n) is 5.04. The van der Waals surface area contributed by atoms with E-state index in [0.717, 1.165) is 48.9 Å². The van der Waals surface area contributed by atoms with Crippen LogP contribution in [0.4, 0.5) is 0 Å². The average Bonchev–Trinajstić information content (AvgIpc) is 3.21. The standard InChI is InChI=1S/C23H24ClNO2/c24-22-10-4-2-7-18(22)16-27-23-12-11-17-6-1-3-9-20(17)21(23)15-25-14-19-8-5-13-26-19/h1-4,6-7,9-12,19,25H,5,8,13-16H2. The molecule has 140 valence electrons. The molecule has 0 amide bonds. The van der Waals surface area contributed by atoms with Crippen LogP contribution in [-0.4, -0.2) is 19.3 Å². The van der Waals surface area contributed by atoms with E-state index < -0.39 is 0 Å². The average molecular weight is 382 g/mol. The maximum atomic E-state index is 6.28. The van der Waals surface area contributed by atoms with Crippen LogP contribution in [-0.2, 0) is 17.9 Å². The maximum Gasteiger partial charge on any atom is 0.124 e. The zero-order chi connectivity index (χ0) is 18.5. The van der Waals surface area contributed by atoms with Crippen LogP contribution in [0.15, 0.2) is 60.7 Å². The second-order valence-electron chi connectivity index (χ2n) is 6.91. The van der Waals surface area contributed by atoms with Gasteiger partial charge >= 0.3 is 0 Å². The molecule has 3 nitrogen and oxygen atoms in total. The Kier molecular flexibility index (Phi) is 5.93. The van der Waals surface area contributed by atoms with Gasteiger partial charge in [-0.3, -0.25) is 0 Å². The van der Waals surface area contributed by atoms with Gasteiger partial charge in [-0.25, -0.2) is 0 Å². The lowest BCUT2D eigenvalue weighted by atomic mass is 10.0. The van der Waals surface area contributed by atoms with Crippen molar-refractivity contribution in [2.45, 2.75) is 32.1 Å². The Bertz CT molecular complexity index is 906. The molecule has 1 atom stereocenters. The van der Waals surface area contributed by atoms with Crippen LogP contribution in [0, 0.1) is 0 Å². The van der Waals surface area contributed by atoms with Gasteiger partial charge < -0.3 is 14.8 Å². The van der Waals surface area contributed by atoms with Crippen molar-refractivity contribution in [1.29, 1.82) is 0 Å². The van der Waals surface area contributed by atoms with E-state index in [1.807, 2.05) is 24.3 Å². The fourth-order valence-corrected chi connectivity index (χ4v) is 3.76. The van der Waals surface area contributed by atoms with Crippen molar-refractivity contribution in [3.05, 3.63) is 76.8 Å². The van der Waals surface area contributed by atoms with Crippen molar-refractivity contribution in [2.24, 2.45) is 0 Å². The zero-order valence-electron chi connectivity index (χ0n) is 15.3. The van der Waals surface area contributed by atoms with Gasteiger partial charge in [-0.15, -0.1) is 0 Å². The lowest BCUT2D eigenvalue weighted by Gasteiger charge is -2.17. The summed E-state index contributed by atoms with van der Waals surface area (Å²) in [5.41, 5.74) is 2.17. The van der Waals surface area contributed by atoms with Crippen molar-refractivity contribution in [1.82, 2.24) is 5.32 Å². The van der Waals surface area contributed by atoms with Crippen LogP contribution in [0.3, 0.4) is 0 Å². The van der Waals surface area contributed by atoms with Gasteiger partial charge in [-0.05, 0) is 35.7 Å². The van der Waals surface area contributed by atoms with Crippen molar-refractivity contribution in [2.75, 3.05) is 13.2 Å². The highest BCUT2D eigenvalue weighted by Crippen LogP contribution is 2.29. The largest absolute Gasteiger partial charge is 0.488 e. The van der Waals surface area contributed by atoms with Gasteiger partial charge in [0.15, 0.2) is 0 Å². The number of hydrogen-bond donors (Lipinski definition) is 1. The molecule has 1 heterocycles. The number of halogens is 1. The highest BCUT2D eigenvalue weighted by Gasteiger charge is 2.16. The Balaban J connectivity index is 1.54. The summed E-state index contributed by atoms with van der Waals surface area (Å²) >= 11 is 6.28. The summed E-state index contributed by atoms with van der Waals surface area (Å²) in [6.07, 6.45) is 2.62. The molecule has 0 aromatic heterocycles. The first-order chi connectivity index (χ1) is 13.3. The molecule has 1 unspecified atom stereocenters. The third-order valence-corrected chi connectivity index (χ3v) is 5.41. The molecule has 4 heteroatoms. The van der Waals surface area contributed by atoms with E-state index in [0.29, 0.717) is 12.7 Å². The first-order valence-corrected chi connectivity index (χ1v) is 9.88. The summed E-state index contributed by atoms with van der Waals surface area (Å²) in [7, 11) is 0. The number of rotatable bonds is 7. The highest BCUT2D eigenvalue weighted by molar-refractivity contribution is 6.31. The first-order valence-electron chi connectivity index (χ1n) is 9.50. The predicted octanol–water partition coefficient (Wildman–Crippen LogP) is 5.34. The Morgan fingerprint density at radius 3 is 2.74 bits per heavy atom. The second kappa shape index (κ2) is 8.75. The molecular formula is C23H24ClNO2. The van der Waals surface area contributed by atoms with E-state index >= 15 is 0 Å². The fourth-order valence-electron chi connectivity index (χ4n) is 3.57. The third kappa shape index (κ3) is 4.44. The lowest BCUT2D eigenvalue weighted by molar-refractivity contribution is 0.110. The topological polar surface area (TPSA) is 30.5 Å².